The number of sulfone groups is 1. The average molecular weight is 807 g/mol. The second-order valence-corrected chi connectivity index (χ2v) is 14.8. The molecule has 0 radical (unpaired) electrons. The molecule has 2 aromatic carbocycles. The average Bonchev–Trinajstić information content (AvgIpc) is 3.73. The van der Waals surface area contributed by atoms with Crippen molar-refractivity contribution in [3.8, 4) is 45.0 Å². The highest BCUT2D eigenvalue weighted by molar-refractivity contribution is 7.89. The van der Waals surface area contributed by atoms with Crippen molar-refractivity contribution in [1.29, 1.82) is 0 Å². The van der Waals surface area contributed by atoms with Gasteiger partial charge in [-0.05, 0) is 84.9 Å². The summed E-state index contributed by atoms with van der Waals surface area (Å²) in [5.41, 5.74) is 0.161. The van der Waals surface area contributed by atoms with Gasteiger partial charge in [-0.2, -0.15) is 36.5 Å². The number of benzene rings is 2. The van der Waals surface area contributed by atoms with Gasteiger partial charge < -0.3 is 0 Å². The lowest BCUT2D eigenvalue weighted by molar-refractivity contribution is -0.138. The van der Waals surface area contributed by atoms with Crippen LogP contribution in [0.3, 0.4) is 0 Å². The highest BCUT2D eigenvalue weighted by atomic mass is 32.2. The summed E-state index contributed by atoms with van der Waals surface area (Å²) < 4.78 is 138. The smallest absolute Gasteiger partial charge is 0.240 e. The Labute approximate surface area is 316 Å². The van der Waals surface area contributed by atoms with Gasteiger partial charge in [0, 0.05) is 35.9 Å². The van der Waals surface area contributed by atoms with Crippen molar-refractivity contribution in [2.75, 3.05) is 0 Å². The first kappa shape index (κ1) is 37.3. The Bertz CT molecular complexity index is 2740. The van der Waals surface area contributed by atoms with E-state index in [-0.39, 0.29) is 56.6 Å². The molecule has 288 valence electrons. The Morgan fingerprint density at radius 2 is 0.912 bits per heavy atom. The molecule has 0 spiro atoms. The summed E-state index contributed by atoms with van der Waals surface area (Å²) in [5, 5.41) is 8.68. The van der Waals surface area contributed by atoms with Crippen LogP contribution in [0.5, 0.6) is 0 Å². The lowest BCUT2D eigenvalue weighted by Crippen LogP contribution is -2.12. The summed E-state index contributed by atoms with van der Waals surface area (Å²) in [6.07, 6.45) is -5.20. The fourth-order valence-corrected chi connectivity index (χ4v) is 7.39. The number of aromatic nitrogens is 8. The molecule has 0 N–H and O–H groups in total. The largest absolute Gasteiger partial charge is 0.417 e. The molecular weight excluding hydrogens is 785 g/mol. The van der Waals surface area contributed by atoms with Gasteiger partial charge in [0.05, 0.1) is 44.7 Å². The van der Waals surface area contributed by atoms with Crippen LogP contribution >= 0.6 is 0 Å². The lowest BCUT2D eigenvalue weighted by atomic mass is 10.0. The molecule has 0 atom stereocenters. The number of alkyl halides is 6. The highest BCUT2D eigenvalue weighted by Crippen LogP contribution is 2.38. The molecule has 10 nitrogen and oxygen atoms in total. The number of pyridine rings is 2. The molecule has 0 bridgehead atoms. The van der Waals surface area contributed by atoms with E-state index in [2.05, 4.69) is 30.1 Å². The second-order valence-electron chi connectivity index (χ2n) is 12.7. The van der Waals surface area contributed by atoms with Gasteiger partial charge >= 0.3 is 12.4 Å². The van der Waals surface area contributed by atoms with Crippen molar-refractivity contribution in [3.63, 3.8) is 0 Å². The van der Waals surface area contributed by atoms with Crippen molar-refractivity contribution in [1.82, 2.24) is 39.2 Å². The van der Waals surface area contributed by atoms with Crippen LogP contribution in [0, 0.1) is 11.6 Å². The maximum atomic E-state index is 13.8. The van der Waals surface area contributed by atoms with Gasteiger partial charge in [-0.15, -0.1) is 0 Å². The number of fused-ring (bicyclic) bond motifs is 2. The Hall–Kier alpha value is -6.63. The number of nitrogens with zero attached hydrogens (tertiary/aromatic N) is 8. The molecule has 19 heteroatoms. The van der Waals surface area contributed by atoms with E-state index in [1.165, 1.54) is 60.9 Å². The fraction of sp³-hybridized carbons (Fsp3) is 0.105. The number of hydrogen-bond acceptors (Lipinski definition) is 8. The first-order valence-corrected chi connectivity index (χ1v) is 18.4. The SMILES string of the molecule is O=S(=O)(Cc1nccc(-c2c(-c3ccc(F)cc3)nn3cc(C(F)(F)F)ccc23)n1)Cc1nccc(-c2c(-c3ccc(F)cc3)nn3cc(C(F)(F)F)ccc23)n1. The second kappa shape index (κ2) is 13.8. The third-order valence-corrected chi connectivity index (χ3v) is 10.2. The molecule has 0 aliphatic heterocycles. The minimum atomic E-state index is -4.67. The van der Waals surface area contributed by atoms with E-state index in [4.69, 9.17) is 0 Å². The van der Waals surface area contributed by atoms with E-state index in [1.807, 2.05) is 0 Å². The summed E-state index contributed by atoms with van der Waals surface area (Å²) in [7, 11) is -4.15. The van der Waals surface area contributed by atoms with Crippen molar-refractivity contribution < 1.29 is 43.5 Å². The minimum Gasteiger partial charge on any atom is -0.240 e. The Morgan fingerprint density at radius 3 is 1.28 bits per heavy atom. The van der Waals surface area contributed by atoms with Gasteiger partial charge in [-0.3, -0.25) is 0 Å². The molecule has 8 aromatic rings. The lowest BCUT2D eigenvalue weighted by Gasteiger charge is -2.09. The van der Waals surface area contributed by atoms with Crippen LogP contribution in [0.2, 0.25) is 0 Å². The summed E-state index contributed by atoms with van der Waals surface area (Å²) in [6, 6.07) is 17.2. The van der Waals surface area contributed by atoms with Crippen LogP contribution in [-0.4, -0.2) is 47.6 Å². The van der Waals surface area contributed by atoms with Gasteiger partial charge in [0.1, 0.15) is 46.2 Å². The monoisotopic (exact) mass is 806 g/mol. The van der Waals surface area contributed by atoms with E-state index in [9.17, 15) is 43.5 Å². The van der Waals surface area contributed by atoms with Crippen molar-refractivity contribution in [3.05, 3.63) is 144 Å². The van der Waals surface area contributed by atoms with Gasteiger partial charge in [0.2, 0.25) is 0 Å². The highest BCUT2D eigenvalue weighted by Gasteiger charge is 2.33. The summed E-state index contributed by atoms with van der Waals surface area (Å²) in [4.78, 5) is 17.1. The maximum absolute atomic E-state index is 13.8. The topological polar surface area (TPSA) is 120 Å². The van der Waals surface area contributed by atoms with Crippen molar-refractivity contribution in [2.24, 2.45) is 0 Å². The fourth-order valence-electron chi connectivity index (χ4n) is 6.22. The third-order valence-electron chi connectivity index (χ3n) is 8.77. The predicted molar refractivity (Wildman–Crippen MR) is 190 cm³/mol. The Balaban J connectivity index is 1.13. The van der Waals surface area contributed by atoms with Gasteiger partial charge in [-0.25, -0.2) is 46.2 Å². The first-order chi connectivity index (χ1) is 27.0. The van der Waals surface area contributed by atoms with Gasteiger partial charge in [0.15, 0.2) is 9.84 Å². The molecule has 0 aliphatic carbocycles. The van der Waals surface area contributed by atoms with Gasteiger partial charge in [-0.1, -0.05) is 0 Å². The summed E-state index contributed by atoms with van der Waals surface area (Å²) in [5.74, 6) is -2.92. The molecule has 6 aromatic heterocycles. The summed E-state index contributed by atoms with van der Waals surface area (Å²) in [6.45, 7) is 0. The standard InChI is InChI=1S/C38H22F8N8O2S/c39-25-7-1-21(2-8-25)35-33(29-11-5-23(37(41,42)43)17-53(29)51-35)27-13-15-47-31(49-27)19-57(55,56)20-32-48-16-14-28(50-32)34-30-12-6-24(38(44,45)46)18-54(30)52-36(34)22-3-9-26(40)10-4-22/h1-18H,19-20H2. The molecular formula is C38H22F8N8O2S. The molecule has 0 unspecified atom stereocenters. The number of hydrogen-bond donors (Lipinski definition) is 0. The van der Waals surface area contributed by atoms with Crippen molar-refractivity contribution in [2.45, 2.75) is 23.9 Å². The molecule has 57 heavy (non-hydrogen) atoms. The van der Waals surface area contributed by atoms with Crippen LogP contribution in [0.15, 0.2) is 110 Å². The van der Waals surface area contributed by atoms with Gasteiger partial charge in [0.25, 0.3) is 0 Å². The molecule has 0 saturated heterocycles. The molecule has 6 heterocycles. The number of rotatable bonds is 8. The Morgan fingerprint density at radius 1 is 0.526 bits per heavy atom. The van der Waals surface area contributed by atoms with Crippen LogP contribution < -0.4 is 0 Å². The molecule has 0 aliphatic rings. The van der Waals surface area contributed by atoms with E-state index in [0.717, 1.165) is 57.8 Å². The zero-order chi connectivity index (χ0) is 40.3. The molecule has 8 rings (SSSR count). The zero-order valence-electron chi connectivity index (χ0n) is 28.6. The van der Waals surface area contributed by atoms with E-state index in [1.54, 1.807) is 0 Å². The normalized spacial score (nSPS) is 12.5. The molecule has 0 amide bonds. The van der Waals surface area contributed by atoms with E-state index in [0.29, 0.717) is 11.1 Å². The zero-order valence-corrected chi connectivity index (χ0v) is 29.4. The molecule has 0 fully saturated rings. The van der Waals surface area contributed by atoms with Crippen LogP contribution in [0.1, 0.15) is 22.8 Å². The van der Waals surface area contributed by atoms with Crippen molar-refractivity contribution >= 4 is 20.9 Å². The van der Waals surface area contributed by atoms with E-state index < -0.39 is 56.5 Å². The quantitative estimate of drug-likeness (QED) is 0.140. The first-order valence-electron chi connectivity index (χ1n) is 16.6. The Kier molecular flexibility index (Phi) is 9.05. The predicted octanol–water partition coefficient (Wildman–Crippen LogP) is 8.66. The third kappa shape index (κ3) is 7.52. The van der Waals surface area contributed by atoms with Crippen LogP contribution in [0.25, 0.3) is 56.1 Å². The van der Waals surface area contributed by atoms with Crippen LogP contribution in [0.4, 0.5) is 35.1 Å². The molecule has 0 saturated carbocycles. The van der Waals surface area contributed by atoms with E-state index >= 15 is 0 Å². The maximum Gasteiger partial charge on any atom is 0.417 e. The van der Waals surface area contributed by atoms with Crippen LogP contribution in [-0.2, 0) is 33.7 Å². The minimum absolute atomic E-state index is 0.123. The summed E-state index contributed by atoms with van der Waals surface area (Å²) >= 11 is 0. The number of halogens is 8.